The van der Waals surface area contributed by atoms with E-state index in [0.29, 0.717) is 41.7 Å². The third-order valence-corrected chi connectivity index (χ3v) is 5.11. The number of benzene rings is 1. The minimum atomic E-state index is -0.374. The average Bonchev–Trinajstić information content (AvgIpc) is 3.09. The van der Waals surface area contributed by atoms with E-state index in [1.165, 1.54) is 12.1 Å². The average molecular weight is 429 g/mol. The van der Waals surface area contributed by atoms with Gasteiger partial charge in [-0.15, -0.1) is 0 Å². The Morgan fingerprint density at radius 1 is 1.30 bits per heavy atom. The molecule has 1 aliphatic rings. The quantitative estimate of drug-likeness (QED) is 0.592. The van der Waals surface area contributed by atoms with Gasteiger partial charge in [0, 0.05) is 42.5 Å². The fourth-order valence-corrected chi connectivity index (χ4v) is 3.75. The van der Waals surface area contributed by atoms with Crippen LogP contribution < -0.4 is 21.5 Å². The van der Waals surface area contributed by atoms with Crippen molar-refractivity contribution in [2.45, 2.75) is 20.0 Å². The Labute approximate surface area is 178 Å². The number of fused-ring (bicyclic) bond motifs is 5. The Hall–Kier alpha value is -3.10. The summed E-state index contributed by atoms with van der Waals surface area (Å²) in [6.45, 7) is 3.10. The standard InChI is InChI=1S/C21H22ClFN6O/c1-2-26-20-12(9-24)6-16-8-19(22)28-29(16)17-4-3-15(23)5-14(17)11-30-18-7-13(20)10-27-21(18)25/h3-5,7-8,10,26H,2,6,9,11,24H2,1H3,(H2,25,27)/b20-12-. The number of hydrogen-bond acceptors (Lipinski definition) is 6. The smallest absolute Gasteiger partial charge is 0.166 e. The highest BCUT2D eigenvalue weighted by atomic mass is 35.5. The van der Waals surface area contributed by atoms with Gasteiger partial charge in [-0.05, 0) is 42.8 Å². The highest BCUT2D eigenvalue weighted by Gasteiger charge is 2.19. The van der Waals surface area contributed by atoms with Gasteiger partial charge in [-0.3, -0.25) is 0 Å². The molecule has 1 aromatic carbocycles. The second-order valence-corrected chi connectivity index (χ2v) is 7.32. The SMILES string of the molecule is CCN/C1=C(\CN)Cc2cc(Cl)nn2-c2ccc(F)cc2COc2cc1cnc2N. The first kappa shape index (κ1) is 20.2. The van der Waals surface area contributed by atoms with Gasteiger partial charge in [-0.2, -0.15) is 5.10 Å². The summed E-state index contributed by atoms with van der Waals surface area (Å²) in [6, 6.07) is 8.05. The van der Waals surface area contributed by atoms with E-state index in [1.807, 2.05) is 13.0 Å². The lowest BCUT2D eigenvalue weighted by atomic mass is 10.0. The predicted molar refractivity (Wildman–Crippen MR) is 115 cm³/mol. The molecule has 9 heteroatoms. The molecule has 0 spiro atoms. The van der Waals surface area contributed by atoms with Crippen LogP contribution in [0.3, 0.4) is 0 Å². The number of aromatic nitrogens is 3. The zero-order valence-electron chi connectivity index (χ0n) is 16.5. The molecule has 156 valence electrons. The molecule has 30 heavy (non-hydrogen) atoms. The summed E-state index contributed by atoms with van der Waals surface area (Å²) in [4.78, 5) is 4.28. The number of anilines is 1. The van der Waals surface area contributed by atoms with E-state index < -0.39 is 0 Å². The van der Waals surface area contributed by atoms with Gasteiger partial charge < -0.3 is 21.5 Å². The maximum absolute atomic E-state index is 14.0. The topological polar surface area (TPSA) is 104 Å². The highest BCUT2D eigenvalue weighted by molar-refractivity contribution is 6.29. The summed E-state index contributed by atoms with van der Waals surface area (Å²) >= 11 is 6.24. The maximum Gasteiger partial charge on any atom is 0.166 e. The minimum absolute atomic E-state index is 0.0867. The number of nitrogen functional groups attached to an aromatic ring is 1. The van der Waals surface area contributed by atoms with Crippen molar-refractivity contribution in [1.29, 1.82) is 0 Å². The van der Waals surface area contributed by atoms with E-state index in [1.54, 1.807) is 23.0 Å². The fraction of sp³-hybridized carbons (Fsp3) is 0.238. The van der Waals surface area contributed by atoms with Crippen LogP contribution in [0.15, 0.2) is 42.1 Å². The molecule has 0 unspecified atom stereocenters. The number of hydrogen-bond donors (Lipinski definition) is 3. The van der Waals surface area contributed by atoms with Crippen LogP contribution in [0.4, 0.5) is 10.2 Å². The monoisotopic (exact) mass is 428 g/mol. The molecule has 0 atom stereocenters. The summed E-state index contributed by atoms with van der Waals surface area (Å²) in [5, 5.41) is 8.14. The predicted octanol–water partition coefficient (Wildman–Crippen LogP) is 3.06. The summed E-state index contributed by atoms with van der Waals surface area (Å²) < 4.78 is 21.6. The van der Waals surface area contributed by atoms with Gasteiger partial charge in [-0.1, -0.05) is 11.6 Å². The Morgan fingerprint density at radius 2 is 2.13 bits per heavy atom. The third kappa shape index (κ3) is 3.83. The Kier molecular flexibility index (Phi) is 5.61. The molecule has 7 nitrogen and oxygen atoms in total. The molecule has 5 N–H and O–H groups in total. The molecule has 0 fully saturated rings. The van der Waals surface area contributed by atoms with E-state index >= 15 is 0 Å². The first-order chi connectivity index (χ1) is 14.5. The van der Waals surface area contributed by atoms with E-state index in [4.69, 9.17) is 27.8 Å². The maximum atomic E-state index is 14.0. The molecule has 1 aliphatic heterocycles. The van der Waals surface area contributed by atoms with Gasteiger partial charge in [0.05, 0.1) is 11.4 Å². The van der Waals surface area contributed by atoms with E-state index in [2.05, 4.69) is 15.4 Å². The lowest BCUT2D eigenvalue weighted by Gasteiger charge is -2.20. The van der Waals surface area contributed by atoms with Crippen molar-refractivity contribution in [3.05, 3.63) is 69.9 Å². The lowest BCUT2D eigenvalue weighted by Crippen LogP contribution is -2.20. The van der Waals surface area contributed by atoms with E-state index in [0.717, 1.165) is 22.5 Å². The Bertz CT molecular complexity index is 1130. The number of rotatable bonds is 3. The van der Waals surface area contributed by atoms with Gasteiger partial charge >= 0.3 is 0 Å². The van der Waals surface area contributed by atoms with Gasteiger partial charge in [-0.25, -0.2) is 14.1 Å². The van der Waals surface area contributed by atoms with Crippen molar-refractivity contribution < 1.29 is 9.13 Å². The molecule has 0 aliphatic carbocycles. The molecule has 2 bridgehead atoms. The molecular weight excluding hydrogens is 407 g/mol. The van der Waals surface area contributed by atoms with Gasteiger partial charge in [0.2, 0.25) is 0 Å². The number of pyridine rings is 1. The molecule has 2 aromatic heterocycles. The summed E-state index contributed by atoms with van der Waals surface area (Å²) in [5.74, 6) is 0.289. The summed E-state index contributed by atoms with van der Waals surface area (Å²) in [7, 11) is 0. The largest absolute Gasteiger partial charge is 0.485 e. The Morgan fingerprint density at radius 3 is 2.90 bits per heavy atom. The normalized spacial score (nSPS) is 16.0. The van der Waals surface area contributed by atoms with Crippen LogP contribution in [0.2, 0.25) is 5.15 Å². The molecule has 0 radical (unpaired) electrons. The van der Waals surface area contributed by atoms with Crippen molar-refractivity contribution in [2.24, 2.45) is 5.73 Å². The zero-order chi connectivity index (χ0) is 21.3. The third-order valence-electron chi connectivity index (χ3n) is 4.92. The Balaban J connectivity index is 1.97. The van der Waals surface area contributed by atoms with Gasteiger partial charge in [0.25, 0.3) is 0 Å². The number of halogens is 2. The fourth-order valence-electron chi connectivity index (χ4n) is 3.55. The second kappa shape index (κ2) is 8.33. The van der Waals surface area contributed by atoms with Crippen LogP contribution in [-0.2, 0) is 13.0 Å². The van der Waals surface area contributed by atoms with Crippen molar-refractivity contribution in [3.8, 4) is 11.4 Å². The van der Waals surface area contributed by atoms with E-state index in [9.17, 15) is 4.39 Å². The second-order valence-electron chi connectivity index (χ2n) is 6.93. The molecule has 4 rings (SSSR count). The van der Waals surface area contributed by atoms with Crippen molar-refractivity contribution in [2.75, 3.05) is 18.8 Å². The van der Waals surface area contributed by atoms with Crippen molar-refractivity contribution in [3.63, 3.8) is 0 Å². The number of ether oxygens (including phenoxy) is 1. The molecule has 3 heterocycles. The lowest BCUT2D eigenvalue weighted by molar-refractivity contribution is 0.305. The molecule has 0 saturated heterocycles. The van der Waals surface area contributed by atoms with Crippen LogP contribution in [0, 0.1) is 5.82 Å². The van der Waals surface area contributed by atoms with E-state index in [-0.39, 0.29) is 18.2 Å². The number of nitrogens with one attached hydrogen (secondary N) is 1. The minimum Gasteiger partial charge on any atom is -0.485 e. The van der Waals surface area contributed by atoms with Crippen LogP contribution >= 0.6 is 11.6 Å². The van der Waals surface area contributed by atoms with Crippen LogP contribution in [0.25, 0.3) is 11.4 Å². The summed E-state index contributed by atoms with van der Waals surface area (Å²) in [6.07, 6.45) is 2.18. The molecule has 0 amide bonds. The van der Waals surface area contributed by atoms with Crippen LogP contribution in [-0.4, -0.2) is 27.9 Å². The zero-order valence-corrected chi connectivity index (χ0v) is 17.2. The molecular formula is C21H22ClFN6O. The van der Waals surface area contributed by atoms with Crippen LogP contribution in [0.1, 0.15) is 23.7 Å². The molecule has 3 aromatic rings. The summed E-state index contributed by atoms with van der Waals surface area (Å²) in [5.41, 5.74) is 16.9. The number of nitrogens with two attached hydrogens (primary N) is 2. The van der Waals surface area contributed by atoms with Gasteiger partial charge in [0.15, 0.2) is 16.7 Å². The number of nitrogens with zero attached hydrogens (tertiary/aromatic N) is 3. The van der Waals surface area contributed by atoms with Gasteiger partial charge in [0.1, 0.15) is 12.4 Å². The molecule has 0 saturated carbocycles. The van der Waals surface area contributed by atoms with Crippen LogP contribution in [0.5, 0.6) is 5.75 Å². The first-order valence-corrected chi connectivity index (χ1v) is 9.95. The first-order valence-electron chi connectivity index (χ1n) is 9.58. The highest BCUT2D eigenvalue weighted by Crippen LogP contribution is 2.30. The van der Waals surface area contributed by atoms with Crippen molar-refractivity contribution >= 4 is 23.1 Å². The van der Waals surface area contributed by atoms with Crippen molar-refractivity contribution in [1.82, 2.24) is 20.1 Å².